The molecule has 6 fully saturated rings. The number of hydrogen-bond donors (Lipinski definition) is 4. The van der Waals surface area contributed by atoms with Crippen LogP contribution in [0.3, 0.4) is 0 Å². The lowest BCUT2D eigenvalue weighted by atomic mass is 9.35. The Hall–Kier alpha value is -0.790. The zero-order chi connectivity index (χ0) is 18.9. The van der Waals surface area contributed by atoms with Gasteiger partial charge in [-0.25, -0.2) is 0 Å². The number of fused-ring (bicyclic) bond motifs is 2. The van der Waals surface area contributed by atoms with Crippen LogP contribution in [0.1, 0.15) is 39.5 Å². The third kappa shape index (κ3) is 1.41. The van der Waals surface area contributed by atoms with E-state index in [2.05, 4.69) is 6.58 Å². The van der Waals surface area contributed by atoms with E-state index in [1.807, 2.05) is 13.8 Å². The van der Waals surface area contributed by atoms with Crippen molar-refractivity contribution in [2.45, 2.75) is 63.6 Å². The number of carbonyl (C=O) groups is 1. The first kappa shape index (κ1) is 17.3. The van der Waals surface area contributed by atoms with Gasteiger partial charge in [0.2, 0.25) is 5.79 Å². The van der Waals surface area contributed by atoms with Gasteiger partial charge in [0, 0.05) is 17.3 Å². The minimum atomic E-state index is -2.15. The van der Waals surface area contributed by atoms with Gasteiger partial charge < -0.3 is 25.2 Å². The fourth-order valence-corrected chi connectivity index (χ4v) is 7.90. The van der Waals surface area contributed by atoms with E-state index in [1.165, 1.54) is 0 Å². The van der Waals surface area contributed by atoms with Gasteiger partial charge in [-0.05, 0) is 42.6 Å². The summed E-state index contributed by atoms with van der Waals surface area (Å²) >= 11 is 0. The Bertz CT molecular complexity index is 717. The maximum absolute atomic E-state index is 13.3. The molecule has 26 heavy (non-hydrogen) atoms. The second-order valence-electron chi connectivity index (χ2n) is 9.97. The van der Waals surface area contributed by atoms with E-state index in [0.29, 0.717) is 24.8 Å². The molecule has 2 saturated heterocycles. The molecule has 2 aliphatic heterocycles. The molecular weight excluding hydrogens is 336 g/mol. The first-order chi connectivity index (χ1) is 12.1. The van der Waals surface area contributed by atoms with Crippen LogP contribution in [-0.4, -0.2) is 56.9 Å². The third-order valence-electron chi connectivity index (χ3n) is 8.88. The molecule has 2 spiro atoms. The number of aliphatic hydroxyl groups is 4. The predicted octanol–water partition coefficient (Wildman–Crippen LogP) is 0.376. The Kier molecular flexibility index (Phi) is 3.07. The van der Waals surface area contributed by atoms with Crippen molar-refractivity contribution in [2.24, 2.45) is 34.0 Å². The molecule has 0 unspecified atom stereocenters. The summed E-state index contributed by atoms with van der Waals surface area (Å²) in [6.07, 6.45) is -0.747. The van der Waals surface area contributed by atoms with Gasteiger partial charge in [-0.1, -0.05) is 20.4 Å². The average molecular weight is 364 g/mol. The Labute approximate surface area is 152 Å². The summed E-state index contributed by atoms with van der Waals surface area (Å²) in [5, 5.41) is 45.1. The van der Waals surface area contributed by atoms with Gasteiger partial charge in [-0.15, -0.1) is 0 Å². The minimum Gasteiger partial charge on any atom is -0.392 e. The summed E-state index contributed by atoms with van der Waals surface area (Å²) in [6.45, 7) is 8.07. The van der Waals surface area contributed by atoms with Gasteiger partial charge in [0.1, 0.15) is 11.5 Å². The van der Waals surface area contributed by atoms with Gasteiger partial charge in [0.15, 0.2) is 5.78 Å². The first-order valence-electron chi connectivity index (χ1n) is 9.71. The van der Waals surface area contributed by atoms with Crippen molar-refractivity contribution in [3.63, 3.8) is 0 Å². The van der Waals surface area contributed by atoms with Crippen LogP contribution >= 0.6 is 0 Å². The van der Waals surface area contributed by atoms with Crippen LogP contribution in [0, 0.1) is 34.0 Å². The van der Waals surface area contributed by atoms with Crippen molar-refractivity contribution in [1.82, 2.24) is 0 Å². The molecular formula is C20H28O6. The number of Topliss-reactive ketones (excluding diaryl/α,β-unsaturated/α-hetero) is 1. The summed E-state index contributed by atoms with van der Waals surface area (Å²) in [4.78, 5) is 13.3. The Morgan fingerprint density at radius 1 is 1.12 bits per heavy atom. The summed E-state index contributed by atoms with van der Waals surface area (Å²) in [6, 6.07) is 0. The highest BCUT2D eigenvalue weighted by atomic mass is 16.6. The zero-order valence-corrected chi connectivity index (χ0v) is 15.3. The highest BCUT2D eigenvalue weighted by Crippen LogP contribution is 2.76. The molecule has 4 bridgehead atoms. The number of aliphatic hydroxyl groups excluding tert-OH is 3. The third-order valence-corrected chi connectivity index (χ3v) is 8.88. The van der Waals surface area contributed by atoms with E-state index in [9.17, 15) is 25.2 Å². The highest BCUT2D eigenvalue weighted by molar-refractivity contribution is 6.05. The molecule has 0 aromatic carbocycles. The van der Waals surface area contributed by atoms with E-state index >= 15 is 0 Å². The molecule has 6 aliphatic rings. The van der Waals surface area contributed by atoms with Crippen molar-refractivity contribution in [2.75, 3.05) is 6.61 Å². The van der Waals surface area contributed by atoms with E-state index < -0.39 is 58.5 Å². The van der Waals surface area contributed by atoms with Crippen LogP contribution in [0.2, 0.25) is 0 Å². The summed E-state index contributed by atoms with van der Waals surface area (Å²) < 4.78 is 5.80. The number of ether oxygens (including phenoxy) is 1. The Balaban J connectivity index is 1.81. The number of ketones is 1. The number of hydrogen-bond acceptors (Lipinski definition) is 6. The summed E-state index contributed by atoms with van der Waals surface area (Å²) in [5.41, 5.74) is -2.49. The lowest BCUT2D eigenvalue weighted by Gasteiger charge is -2.74. The van der Waals surface area contributed by atoms with Crippen LogP contribution in [0.25, 0.3) is 0 Å². The van der Waals surface area contributed by atoms with Crippen molar-refractivity contribution >= 4 is 5.78 Å². The standard InChI is InChI=1S/C20H28O6/c1-9-10-4-5-11-18-8-26-20(25,19(11,14(9)22)15(10)23)16(24)13(18)17(2,3)7-6-12(18)21/h10-13,15-16,21,23-25H,1,4-8H2,2-3H3/t10-,11+,12-,13-,15+,16-,18-,19+,20-/m0/s1. The van der Waals surface area contributed by atoms with Gasteiger partial charge in [-0.3, -0.25) is 4.79 Å². The lowest BCUT2D eigenvalue weighted by molar-refractivity contribution is -0.458. The van der Waals surface area contributed by atoms with Crippen LogP contribution in [0.5, 0.6) is 0 Å². The predicted molar refractivity (Wildman–Crippen MR) is 90.7 cm³/mol. The maximum atomic E-state index is 13.3. The van der Waals surface area contributed by atoms with Crippen LogP contribution in [0.15, 0.2) is 12.2 Å². The molecule has 9 atom stereocenters. The van der Waals surface area contributed by atoms with Gasteiger partial charge in [-0.2, -0.15) is 0 Å². The molecule has 4 N–H and O–H groups in total. The fraction of sp³-hybridized carbons (Fsp3) is 0.850. The van der Waals surface area contributed by atoms with Gasteiger partial charge >= 0.3 is 0 Å². The minimum absolute atomic E-state index is 0.0966. The average Bonchev–Trinajstić information content (AvgIpc) is 2.69. The zero-order valence-electron chi connectivity index (χ0n) is 15.3. The van der Waals surface area contributed by atoms with Crippen molar-refractivity contribution in [1.29, 1.82) is 0 Å². The second-order valence-corrected chi connectivity index (χ2v) is 9.97. The topological polar surface area (TPSA) is 107 Å². The monoisotopic (exact) mass is 364 g/mol. The molecule has 6 nitrogen and oxygen atoms in total. The largest absolute Gasteiger partial charge is 0.392 e. The summed E-state index contributed by atoms with van der Waals surface area (Å²) in [7, 11) is 0. The Morgan fingerprint density at radius 3 is 2.50 bits per heavy atom. The molecule has 4 aliphatic carbocycles. The molecule has 4 saturated carbocycles. The maximum Gasteiger partial charge on any atom is 0.208 e. The van der Waals surface area contributed by atoms with Crippen molar-refractivity contribution in [3.8, 4) is 0 Å². The first-order valence-corrected chi connectivity index (χ1v) is 9.71. The molecule has 0 aromatic heterocycles. The van der Waals surface area contributed by atoms with E-state index in [0.717, 1.165) is 6.42 Å². The van der Waals surface area contributed by atoms with E-state index in [-0.39, 0.29) is 12.0 Å². The van der Waals surface area contributed by atoms with Crippen LogP contribution in [0.4, 0.5) is 0 Å². The molecule has 6 rings (SSSR count). The van der Waals surface area contributed by atoms with Crippen molar-refractivity contribution < 1.29 is 30.0 Å². The molecule has 144 valence electrons. The van der Waals surface area contributed by atoms with Crippen molar-refractivity contribution in [3.05, 3.63) is 12.2 Å². The number of carbonyl (C=O) groups excluding carboxylic acids is 1. The SMILES string of the molecule is C=C1C(=O)[C@@]23[C@H](O)[C@H]1CC[C@@H]2[C@]12CO[C@@]3(O)[C@@H](O)[C@H]1C(C)(C)CC[C@@H]2O. The quantitative estimate of drug-likeness (QED) is 0.463. The van der Waals surface area contributed by atoms with Gasteiger partial charge in [0.05, 0.1) is 18.8 Å². The van der Waals surface area contributed by atoms with E-state index in [4.69, 9.17) is 4.74 Å². The smallest absolute Gasteiger partial charge is 0.208 e. The van der Waals surface area contributed by atoms with Gasteiger partial charge in [0.25, 0.3) is 0 Å². The Morgan fingerprint density at radius 2 is 1.81 bits per heavy atom. The summed E-state index contributed by atoms with van der Waals surface area (Å²) in [5.74, 6) is -3.80. The van der Waals surface area contributed by atoms with Crippen LogP contribution in [-0.2, 0) is 9.53 Å². The van der Waals surface area contributed by atoms with Crippen LogP contribution < -0.4 is 0 Å². The molecule has 0 amide bonds. The fourth-order valence-electron chi connectivity index (χ4n) is 7.90. The molecule has 2 heterocycles. The molecule has 0 aromatic rings. The lowest BCUT2D eigenvalue weighted by Crippen LogP contribution is -2.85. The normalized spacial score (nSPS) is 59.9. The number of rotatable bonds is 0. The highest BCUT2D eigenvalue weighted by Gasteiger charge is 2.86. The molecule has 0 radical (unpaired) electrons. The molecule has 6 heteroatoms. The second kappa shape index (κ2) is 4.61. The van der Waals surface area contributed by atoms with E-state index in [1.54, 1.807) is 0 Å².